The summed E-state index contributed by atoms with van der Waals surface area (Å²) in [6, 6.07) is 36.4. The molecule has 0 atom stereocenters. The summed E-state index contributed by atoms with van der Waals surface area (Å²) in [5.41, 5.74) is 28.0. The molecule has 6 heteroatoms. The fraction of sp³-hybridized carbons (Fsp3) is 0. The quantitative estimate of drug-likeness (QED) is 0.217. The molecule has 8 bridgehead atoms. The third-order valence-electron chi connectivity index (χ3n) is 9.18. The second-order valence-corrected chi connectivity index (χ2v) is 12.3. The van der Waals surface area contributed by atoms with Crippen molar-refractivity contribution in [2.24, 2.45) is 20.0 Å². The highest BCUT2D eigenvalue weighted by Crippen LogP contribution is 2.40. The van der Waals surface area contributed by atoms with Gasteiger partial charge in [-0.25, -0.2) is 20.0 Å². The lowest BCUT2D eigenvalue weighted by molar-refractivity contribution is 1.41. The van der Waals surface area contributed by atoms with Crippen LogP contribution in [0.15, 0.2) is 201 Å². The Morgan fingerprint density at radius 3 is 0.940 bits per heavy atom. The fourth-order valence-electron chi connectivity index (χ4n) is 6.92. The first-order chi connectivity index (χ1) is 24.6. The van der Waals surface area contributed by atoms with Crippen molar-refractivity contribution in [1.82, 2.24) is 0 Å². The lowest BCUT2D eigenvalue weighted by Crippen LogP contribution is -2.07. The van der Waals surface area contributed by atoms with Gasteiger partial charge >= 0.3 is 0 Å². The molecule has 0 aromatic heterocycles. The molecular weight excluding hydrogens is 613 g/mol. The minimum absolute atomic E-state index is 0.552. The molecule has 0 amide bonds. The molecule has 0 radical (unpaired) electrons. The first kappa shape index (κ1) is 29.2. The predicted molar refractivity (Wildman–Crippen MR) is 209 cm³/mol. The summed E-state index contributed by atoms with van der Waals surface area (Å²) in [5, 5.41) is 0. The van der Waals surface area contributed by atoms with Crippen molar-refractivity contribution >= 4 is 56.5 Å². The number of anilines is 2. The Bertz CT molecular complexity index is 2440. The van der Waals surface area contributed by atoms with Crippen molar-refractivity contribution in [1.29, 1.82) is 0 Å². The van der Waals surface area contributed by atoms with Gasteiger partial charge in [-0.2, -0.15) is 0 Å². The number of aliphatic imine (C=N–C) groups is 4. The van der Waals surface area contributed by atoms with Gasteiger partial charge in [0, 0.05) is 39.2 Å². The van der Waals surface area contributed by atoms with E-state index in [1.54, 1.807) is 0 Å². The normalized spacial score (nSPS) is 17.6. The Morgan fingerprint density at radius 2 is 0.600 bits per heavy atom. The Hall–Kier alpha value is -6.92. The van der Waals surface area contributed by atoms with Crippen molar-refractivity contribution in [3.8, 4) is 0 Å². The number of nitrogens with two attached hydrogens (primary N) is 2. The number of nitrogens with zero attached hydrogens (tertiary/aromatic N) is 4. The van der Waals surface area contributed by atoms with Crippen LogP contribution in [0.2, 0.25) is 0 Å². The Balaban J connectivity index is 1.39. The summed E-state index contributed by atoms with van der Waals surface area (Å²) >= 11 is 0. The molecule has 50 heavy (non-hydrogen) atoms. The summed E-state index contributed by atoms with van der Waals surface area (Å²) in [4.78, 5) is 21.2. The van der Waals surface area contributed by atoms with Gasteiger partial charge in [0.15, 0.2) is 0 Å². The van der Waals surface area contributed by atoms with Gasteiger partial charge in [0.1, 0.15) is 0 Å². The number of hydrogen-bond acceptors (Lipinski definition) is 6. The number of fused-ring (bicyclic) bond motifs is 4. The van der Waals surface area contributed by atoms with Crippen molar-refractivity contribution < 1.29 is 0 Å². The molecule has 6 nitrogen and oxygen atoms in total. The van der Waals surface area contributed by atoms with Crippen LogP contribution < -0.4 is 11.5 Å². The molecule has 0 aliphatic carbocycles. The number of hydrogen-bond donors (Lipinski definition) is 2. The van der Waals surface area contributed by atoms with E-state index in [4.69, 9.17) is 31.4 Å². The molecule has 0 saturated carbocycles. The maximum absolute atomic E-state index is 6.66. The average molecular weight is 643 g/mol. The van der Waals surface area contributed by atoms with E-state index in [0.717, 1.165) is 73.2 Å². The largest absolute Gasteiger partial charge is 0.398 e. The van der Waals surface area contributed by atoms with Gasteiger partial charge < -0.3 is 11.5 Å². The van der Waals surface area contributed by atoms with E-state index in [1.807, 2.05) is 97.1 Å². The highest BCUT2D eigenvalue weighted by Gasteiger charge is 2.28. The number of benzene rings is 4. The van der Waals surface area contributed by atoms with Gasteiger partial charge in [-0.3, -0.25) is 0 Å². The number of allylic oxidation sites excluding steroid dienone is 12. The molecule has 5 aliphatic heterocycles. The minimum Gasteiger partial charge on any atom is -0.398 e. The minimum atomic E-state index is 0.552. The van der Waals surface area contributed by atoms with E-state index in [0.29, 0.717) is 28.3 Å². The monoisotopic (exact) mass is 642 g/mol. The van der Waals surface area contributed by atoms with E-state index in [9.17, 15) is 0 Å². The van der Waals surface area contributed by atoms with E-state index >= 15 is 0 Å². The highest BCUT2D eigenvalue weighted by molar-refractivity contribution is 6.40. The first-order valence-corrected chi connectivity index (χ1v) is 16.5. The molecular formula is C44H30N6. The van der Waals surface area contributed by atoms with E-state index in [2.05, 4.69) is 60.7 Å². The zero-order valence-corrected chi connectivity index (χ0v) is 27.0. The standard InChI is InChI=1S/C44H30N6/c45-30-17-10-18-31(46)43(30)44-38-25-23-36(49-38)41(28-13-6-2-7-14-28)34-21-19-32(47-34)40(27-11-4-1-5-12-27)33-20-22-35(48-33)42(29-15-8-3-9-16-29)37-24-26-39(44)50-37/h1-26H,45-46H2. The first-order valence-electron chi connectivity index (χ1n) is 16.5. The van der Waals surface area contributed by atoms with E-state index in [1.165, 1.54) is 0 Å². The summed E-state index contributed by atoms with van der Waals surface area (Å²) in [5.74, 6) is 0. The van der Waals surface area contributed by atoms with Crippen molar-refractivity contribution in [2.45, 2.75) is 0 Å². The van der Waals surface area contributed by atoms with Crippen LogP contribution in [0.1, 0.15) is 22.3 Å². The van der Waals surface area contributed by atoms with E-state index < -0.39 is 0 Å². The predicted octanol–water partition coefficient (Wildman–Crippen LogP) is 8.85. The molecule has 9 rings (SSSR count). The molecule has 0 saturated heterocycles. The molecule has 0 spiro atoms. The number of rotatable bonds is 4. The Kier molecular flexibility index (Phi) is 6.99. The van der Waals surface area contributed by atoms with Crippen molar-refractivity contribution in [2.75, 3.05) is 11.5 Å². The molecule has 4 N–H and O–H groups in total. The van der Waals surface area contributed by atoms with Gasteiger partial charge in [0.2, 0.25) is 0 Å². The SMILES string of the molecule is Nc1cccc(N)c1C1=C2C=CC(=N2)C(c2ccccc2)=C2C=CC(=N2)C(c2ccccc2)=C2C=CC(=N2)C(c2ccccc2)=C2C=CC1=N2. The average Bonchev–Trinajstić information content (AvgIpc) is 3.98. The molecule has 5 heterocycles. The zero-order valence-electron chi connectivity index (χ0n) is 27.0. The van der Waals surface area contributed by atoms with Gasteiger partial charge in [-0.1, -0.05) is 97.1 Å². The van der Waals surface area contributed by atoms with Crippen molar-refractivity contribution in [3.63, 3.8) is 0 Å². The summed E-state index contributed by atoms with van der Waals surface area (Å²) in [7, 11) is 0. The van der Waals surface area contributed by atoms with Gasteiger partial charge in [-0.15, -0.1) is 0 Å². The van der Waals surface area contributed by atoms with Crippen molar-refractivity contribution in [3.05, 3.63) is 203 Å². The summed E-state index contributed by atoms with van der Waals surface area (Å²) in [6.07, 6.45) is 16.4. The Labute approximate surface area is 290 Å². The van der Waals surface area contributed by atoms with Crippen LogP contribution in [0.4, 0.5) is 11.4 Å². The molecule has 4 aromatic rings. The van der Waals surface area contributed by atoms with Crippen LogP contribution in [0.5, 0.6) is 0 Å². The lowest BCUT2D eigenvalue weighted by atomic mass is 9.95. The topological polar surface area (TPSA) is 101 Å². The molecule has 5 aliphatic rings. The third kappa shape index (κ3) is 4.98. The molecule has 0 unspecified atom stereocenters. The smallest absolute Gasteiger partial charge is 0.0739 e. The summed E-state index contributed by atoms with van der Waals surface area (Å²) in [6.45, 7) is 0. The zero-order chi connectivity index (χ0) is 33.6. The maximum atomic E-state index is 6.66. The van der Waals surface area contributed by atoms with E-state index in [-0.39, 0.29) is 0 Å². The molecule has 236 valence electrons. The third-order valence-corrected chi connectivity index (χ3v) is 9.18. The number of nitrogen functional groups attached to an aromatic ring is 2. The van der Waals surface area contributed by atoms with Crippen LogP contribution >= 0.6 is 0 Å². The maximum Gasteiger partial charge on any atom is 0.0739 e. The molecule has 0 fully saturated rings. The lowest BCUT2D eigenvalue weighted by Gasteiger charge is -2.15. The van der Waals surface area contributed by atoms with Crippen LogP contribution in [0, 0.1) is 0 Å². The fourth-order valence-corrected chi connectivity index (χ4v) is 6.92. The molecule has 4 aromatic carbocycles. The van der Waals surface area contributed by atoms with Crippen LogP contribution in [0.3, 0.4) is 0 Å². The van der Waals surface area contributed by atoms with Crippen LogP contribution in [-0.4, -0.2) is 22.8 Å². The van der Waals surface area contributed by atoms with Gasteiger partial charge in [0.25, 0.3) is 0 Å². The summed E-state index contributed by atoms with van der Waals surface area (Å²) < 4.78 is 0. The van der Waals surface area contributed by atoms with Gasteiger partial charge in [0.05, 0.1) is 45.6 Å². The highest BCUT2D eigenvalue weighted by atomic mass is 14.9. The second kappa shape index (κ2) is 12.0. The second-order valence-electron chi connectivity index (χ2n) is 12.3. The van der Waals surface area contributed by atoms with Crippen LogP contribution in [0.25, 0.3) is 22.3 Å². The Morgan fingerprint density at radius 1 is 0.300 bits per heavy atom. The van der Waals surface area contributed by atoms with Gasteiger partial charge in [-0.05, 0) is 77.4 Å². The van der Waals surface area contributed by atoms with Crippen LogP contribution in [-0.2, 0) is 0 Å².